The third-order valence-corrected chi connectivity index (χ3v) is 2.56. The minimum Gasteiger partial charge on any atom is -0.423 e. The Morgan fingerprint density at radius 1 is 1.23 bits per heavy atom. The summed E-state index contributed by atoms with van der Waals surface area (Å²) in [6, 6.07) is 5.92. The maximum atomic E-state index is 11.6. The van der Waals surface area contributed by atoms with E-state index in [0.29, 0.717) is 11.3 Å². The van der Waals surface area contributed by atoms with Gasteiger partial charge in [-0.25, -0.2) is 4.79 Å². The van der Waals surface area contributed by atoms with E-state index in [0.717, 1.165) is 11.1 Å². The lowest BCUT2D eigenvalue weighted by molar-refractivity contribution is -0.130. The van der Waals surface area contributed by atoms with Gasteiger partial charge in [0.1, 0.15) is 5.75 Å². The van der Waals surface area contributed by atoms with Gasteiger partial charge in [-0.05, 0) is 31.7 Å². The Morgan fingerprint density at radius 2 is 1.68 bits per heavy atom. The summed E-state index contributed by atoms with van der Waals surface area (Å²) in [5.74, 6) is 0.290. The predicted molar refractivity (Wildman–Crippen MR) is 97.5 cm³/mol. The van der Waals surface area contributed by atoms with Gasteiger partial charge in [0.2, 0.25) is 0 Å². The molecule has 0 aromatic heterocycles. The summed E-state index contributed by atoms with van der Waals surface area (Å²) < 4.78 is 5.43. The Bertz CT molecular complexity index is 491. The Kier molecular flexibility index (Phi) is 11.1. The van der Waals surface area contributed by atoms with Crippen LogP contribution >= 0.6 is 0 Å². The van der Waals surface area contributed by atoms with Crippen LogP contribution in [0, 0.1) is 6.92 Å². The molecular weight excluding hydrogens is 272 g/mol. The molecule has 0 aliphatic rings. The zero-order valence-corrected chi connectivity index (χ0v) is 15.5. The van der Waals surface area contributed by atoms with Crippen LogP contribution in [0.15, 0.2) is 43.0 Å². The highest BCUT2D eigenvalue weighted by atomic mass is 16.5. The quantitative estimate of drug-likeness (QED) is 0.290. The van der Waals surface area contributed by atoms with Gasteiger partial charge < -0.3 is 4.74 Å². The second kappa shape index (κ2) is 10.8. The van der Waals surface area contributed by atoms with E-state index < -0.39 is 0 Å². The summed E-state index contributed by atoms with van der Waals surface area (Å²) in [6.07, 6.45) is 1.75. The largest absolute Gasteiger partial charge is 0.423 e. The Labute approximate surface area is 136 Å². The van der Waals surface area contributed by atoms with Crippen molar-refractivity contribution >= 4 is 5.97 Å². The summed E-state index contributed by atoms with van der Waals surface area (Å²) >= 11 is 0. The molecule has 0 fully saturated rings. The third kappa shape index (κ3) is 7.82. The molecule has 0 N–H and O–H groups in total. The van der Waals surface area contributed by atoms with Crippen molar-refractivity contribution in [3.8, 4) is 5.75 Å². The average molecular weight is 304 g/mol. The van der Waals surface area contributed by atoms with Crippen molar-refractivity contribution in [1.82, 2.24) is 0 Å². The molecule has 0 spiro atoms. The zero-order valence-electron chi connectivity index (χ0n) is 15.5. The van der Waals surface area contributed by atoms with Crippen LogP contribution in [0.4, 0.5) is 0 Å². The minimum absolute atomic E-state index is 0.0588. The van der Waals surface area contributed by atoms with Crippen molar-refractivity contribution in [2.45, 2.75) is 60.8 Å². The highest BCUT2D eigenvalue weighted by Gasteiger charge is 2.21. The van der Waals surface area contributed by atoms with Crippen LogP contribution in [0.5, 0.6) is 5.75 Å². The van der Waals surface area contributed by atoms with Crippen LogP contribution in [-0.4, -0.2) is 5.97 Å². The number of ether oxygens (including phenoxy) is 1. The standard InChI is InChI=1S/C15H20O2.C3H6.C2H6/c1-10(2)14(16)17-13-11(3)8-7-9-12(13)15(4,5)6;1-3-2;1-2/h7-9H,1H2,2-6H3;3H,1H2,2H3;1-2H3. The average Bonchev–Trinajstić information content (AvgIpc) is 2.42. The number of hydrogen-bond donors (Lipinski definition) is 0. The lowest BCUT2D eigenvalue weighted by Gasteiger charge is -2.23. The molecule has 22 heavy (non-hydrogen) atoms. The highest BCUT2D eigenvalue weighted by molar-refractivity contribution is 5.89. The van der Waals surface area contributed by atoms with E-state index in [4.69, 9.17) is 4.74 Å². The molecule has 1 rings (SSSR count). The number of hydrogen-bond acceptors (Lipinski definition) is 2. The summed E-state index contributed by atoms with van der Waals surface area (Å²) in [5.41, 5.74) is 2.35. The van der Waals surface area contributed by atoms with Crippen LogP contribution in [0.25, 0.3) is 0 Å². The molecule has 0 saturated carbocycles. The number of carbonyl (C=O) groups excluding carboxylic acids is 1. The van der Waals surface area contributed by atoms with Crippen LogP contribution in [0.2, 0.25) is 0 Å². The smallest absolute Gasteiger partial charge is 0.338 e. The second-order valence-corrected chi connectivity index (χ2v) is 5.78. The number of benzene rings is 1. The molecule has 0 unspecified atom stereocenters. The second-order valence-electron chi connectivity index (χ2n) is 5.78. The lowest BCUT2D eigenvalue weighted by atomic mass is 9.85. The van der Waals surface area contributed by atoms with Crippen LogP contribution in [-0.2, 0) is 10.2 Å². The first kappa shape index (κ1) is 22.5. The van der Waals surface area contributed by atoms with E-state index in [1.807, 2.05) is 45.9 Å². The van der Waals surface area contributed by atoms with Crippen LogP contribution in [0.1, 0.15) is 59.6 Å². The summed E-state index contributed by atoms with van der Waals surface area (Å²) in [5, 5.41) is 0. The third-order valence-electron chi connectivity index (χ3n) is 2.56. The maximum Gasteiger partial charge on any atom is 0.338 e. The molecule has 0 amide bonds. The van der Waals surface area contributed by atoms with Crippen molar-refractivity contribution in [1.29, 1.82) is 0 Å². The highest BCUT2D eigenvalue weighted by Crippen LogP contribution is 2.34. The molecule has 1 aromatic rings. The van der Waals surface area contributed by atoms with Crippen LogP contribution in [0.3, 0.4) is 0 Å². The first-order valence-electron chi connectivity index (χ1n) is 7.70. The molecule has 124 valence electrons. The van der Waals surface area contributed by atoms with Gasteiger partial charge in [-0.3, -0.25) is 0 Å². The molecule has 1 aromatic carbocycles. The molecule has 0 bridgehead atoms. The van der Waals surface area contributed by atoms with Gasteiger partial charge in [-0.15, -0.1) is 6.58 Å². The molecule has 2 heteroatoms. The van der Waals surface area contributed by atoms with Gasteiger partial charge in [-0.2, -0.15) is 0 Å². The Balaban J connectivity index is 0. The van der Waals surface area contributed by atoms with Crippen molar-refractivity contribution in [2.75, 3.05) is 0 Å². The number of rotatable bonds is 2. The summed E-state index contributed by atoms with van der Waals surface area (Å²) in [6.45, 7) is 22.7. The van der Waals surface area contributed by atoms with E-state index in [1.165, 1.54) is 0 Å². The molecule has 0 aliphatic heterocycles. The zero-order chi connectivity index (χ0) is 17.9. The topological polar surface area (TPSA) is 26.3 Å². The molecule has 0 radical (unpaired) electrons. The Morgan fingerprint density at radius 3 is 2.05 bits per heavy atom. The molecule has 2 nitrogen and oxygen atoms in total. The first-order valence-corrected chi connectivity index (χ1v) is 7.70. The van der Waals surface area contributed by atoms with Gasteiger partial charge in [0.15, 0.2) is 0 Å². The lowest BCUT2D eigenvalue weighted by Crippen LogP contribution is -2.17. The van der Waals surface area contributed by atoms with E-state index in [1.54, 1.807) is 13.0 Å². The van der Waals surface area contributed by atoms with Crippen LogP contribution < -0.4 is 4.74 Å². The molecule has 0 atom stereocenters. The normalized spacial score (nSPS) is 9.45. The van der Waals surface area contributed by atoms with Gasteiger partial charge in [0.25, 0.3) is 0 Å². The fraction of sp³-hybridized carbons (Fsp3) is 0.450. The van der Waals surface area contributed by atoms with E-state index in [2.05, 4.69) is 33.9 Å². The summed E-state index contributed by atoms with van der Waals surface area (Å²) in [4.78, 5) is 11.6. The fourth-order valence-corrected chi connectivity index (χ4v) is 1.56. The predicted octanol–water partition coefficient (Wildman–Crippen LogP) is 5.99. The van der Waals surface area contributed by atoms with Gasteiger partial charge in [-0.1, -0.05) is 65.5 Å². The number of esters is 1. The monoisotopic (exact) mass is 304 g/mol. The molecular formula is C20H32O2. The minimum atomic E-state index is -0.371. The first-order chi connectivity index (χ1) is 10.1. The molecule has 0 heterocycles. The number of allylic oxidation sites excluding steroid dienone is 1. The van der Waals surface area contributed by atoms with Crippen molar-refractivity contribution in [3.05, 3.63) is 54.1 Å². The van der Waals surface area contributed by atoms with E-state index >= 15 is 0 Å². The fourth-order valence-electron chi connectivity index (χ4n) is 1.56. The number of para-hydroxylation sites is 1. The van der Waals surface area contributed by atoms with Crippen molar-refractivity contribution < 1.29 is 9.53 Å². The summed E-state index contributed by atoms with van der Waals surface area (Å²) in [7, 11) is 0. The van der Waals surface area contributed by atoms with Crippen molar-refractivity contribution in [3.63, 3.8) is 0 Å². The van der Waals surface area contributed by atoms with Crippen molar-refractivity contribution in [2.24, 2.45) is 0 Å². The maximum absolute atomic E-state index is 11.6. The van der Waals surface area contributed by atoms with Gasteiger partial charge in [0, 0.05) is 11.1 Å². The van der Waals surface area contributed by atoms with Gasteiger partial charge in [0.05, 0.1) is 0 Å². The number of aryl methyl sites for hydroxylation is 1. The number of carbonyl (C=O) groups is 1. The van der Waals surface area contributed by atoms with E-state index in [-0.39, 0.29) is 11.4 Å². The molecule has 0 saturated heterocycles. The molecule has 0 aliphatic carbocycles. The Hall–Kier alpha value is -1.83. The van der Waals surface area contributed by atoms with Gasteiger partial charge >= 0.3 is 5.97 Å². The van der Waals surface area contributed by atoms with E-state index in [9.17, 15) is 4.79 Å². The SMILES string of the molecule is C=C(C)C(=O)Oc1c(C)cccc1C(C)(C)C.C=CC.CC.